The molecule has 2 aromatic rings. The van der Waals surface area contributed by atoms with E-state index in [0.717, 1.165) is 19.8 Å². The van der Waals surface area contributed by atoms with Gasteiger partial charge in [0.15, 0.2) is 6.10 Å². The van der Waals surface area contributed by atoms with E-state index in [1.807, 2.05) is 12.1 Å². The van der Waals surface area contributed by atoms with Crippen LogP contribution in [0, 0.1) is 0 Å². The van der Waals surface area contributed by atoms with Gasteiger partial charge in [0.05, 0.1) is 5.56 Å². The second-order valence-corrected chi connectivity index (χ2v) is 6.12. The molecule has 1 atom stereocenters. The standard InChI is InChI=1S/C13H12Br2N2O4/c14-8-3-6-7(5-17-10(6)4-9(8)15)12(19)16-2-1-11(18)13(20)21/h3-5,11,17-18H,1-2H2,(H,16,19)(H,20,21). The maximum atomic E-state index is 12.1. The molecule has 0 aliphatic rings. The number of aromatic nitrogens is 1. The summed E-state index contributed by atoms with van der Waals surface area (Å²) in [4.78, 5) is 25.6. The van der Waals surface area contributed by atoms with Gasteiger partial charge < -0.3 is 20.5 Å². The van der Waals surface area contributed by atoms with Gasteiger partial charge >= 0.3 is 5.97 Å². The van der Waals surface area contributed by atoms with Crippen LogP contribution in [-0.4, -0.2) is 39.7 Å². The molecule has 1 aromatic heterocycles. The Morgan fingerprint density at radius 1 is 1.29 bits per heavy atom. The van der Waals surface area contributed by atoms with Crippen LogP contribution in [0.25, 0.3) is 10.9 Å². The van der Waals surface area contributed by atoms with Crippen molar-refractivity contribution in [2.24, 2.45) is 0 Å². The molecule has 1 unspecified atom stereocenters. The van der Waals surface area contributed by atoms with Crippen molar-refractivity contribution in [3.05, 3.63) is 32.8 Å². The molecule has 1 aromatic carbocycles. The van der Waals surface area contributed by atoms with E-state index in [9.17, 15) is 9.59 Å². The van der Waals surface area contributed by atoms with Gasteiger partial charge in [0.1, 0.15) is 0 Å². The molecule has 2 rings (SSSR count). The van der Waals surface area contributed by atoms with Crippen molar-refractivity contribution >= 4 is 54.6 Å². The number of aliphatic hydroxyl groups excluding tert-OH is 1. The zero-order valence-electron chi connectivity index (χ0n) is 10.7. The Kier molecular flexibility index (Phi) is 5.02. The number of H-pyrrole nitrogens is 1. The van der Waals surface area contributed by atoms with Crippen molar-refractivity contribution in [2.75, 3.05) is 6.54 Å². The number of nitrogens with one attached hydrogen (secondary N) is 2. The van der Waals surface area contributed by atoms with Crippen LogP contribution in [-0.2, 0) is 4.79 Å². The summed E-state index contributed by atoms with van der Waals surface area (Å²) in [6, 6.07) is 3.67. The van der Waals surface area contributed by atoms with Crippen LogP contribution in [0.5, 0.6) is 0 Å². The minimum atomic E-state index is -1.47. The van der Waals surface area contributed by atoms with Gasteiger partial charge in [-0.15, -0.1) is 0 Å². The molecule has 0 aliphatic carbocycles. The van der Waals surface area contributed by atoms with Crippen molar-refractivity contribution < 1.29 is 19.8 Å². The fraction of sp³-hybridized carbons (Fsp3) is 0.231. The monoisotopic (exact) mass is 418 g/mol. The number of fused-ring (bicyclic) bond motifs is 1. The van der Waals surface area contributed by atoms with Crippen LogP contribution < -0.4 is 5.32 Å². The molecule has 0 aliphatic heterocycles. The fourth-order valence-corrected chi connectivity index (χ4v) is 2.53. The topological polar surface area (TPSA) is 102 Å². The lowest BCUT2D eigenvalue weighted by atomic mass is 10.1. The molecule has 1 heterocycles. The van der Waals surface area contributed by atoms with Crippen molar-refractivity contribution in [2.45, 2.75) is 12.5 Å². The van der Waals surface area contributed by atoms with Gasteiger partial charge in [-0.1, -0.05) is 0 Å². The second kappa shape index (κ2) is 6.59. The van der Waals surface area contributed by atoms with E-state index in [1.165, 1.54) is 0 Å². The van der Waals surface area contributed by atoms with Gasteiger partial charge in [-0.2, -0.15) is 0 Å². The van der Waals surface area contributed by atoms with E-state index in [2.05, 4.69) is 42.2 Å². The number of hydrogen-bond donors (Lipinski definition) is 4. The molecule has 0 radical (unpaired) electrons. The maximum Gasteiger partial charge on any atom is 0.332 e. The maximum absolute atomic E-state index is 12.1. The molecule has 0 saturated heterocycles. The molecule has 21 heavy (non-hydrogen) atoms. The Bertz CT molecular complexity index is 699. The predicted molar refractivity (Wildman–Crippen MR) is 84.3 cm³/mol. The first-order valence-corrected chi connectivity index (χ1v) is 7.64. The van der Waals surface area contributed by atoms with Gasteiger partial charge in [0.2, 0.25) is 0 Å². The number of aromatic amines is 1. The van der Waals surface area contributed by atoms with Crippen LogP contribution in [0.1, 0.15) is 16.8 Å². The number of hydrogen-bond acceptors (Lipinski definition) is 3. The third-order valence-corrected chi connectivity index (χ3v) is 4.80. The van der Waals surface area contributed by atoms with Crippen LogP contribution in [0.2, 0.25) is 0 Å². The minimum absolute atomic E-state index is 0.0430. The zero-order chi connectivity index (χ0) is 15.6. The average Bonchev–Trinajstić information content (AvgIpc) is 2.81. The highest BCUT2D eigenvalue weighted by Crippen LogP contribution is 2.29. The SMILES string of the molecule is O=C(NCCC(O)C(=O)O)c1c[nH]c2cc(Br)c(Br)cc12. The van der Waals surface area contributed by atoms with E-state index >= 15 is 0 Å². The number of aliphatic carboxylic acids is 1. The summed E-state index contributed by atoms with van der Waals surface area (Å²) in [5, 5.41) is 21.0. The predicted octanol–water partition coefficient (Wildman–Crippen LogP) is 2.26. The van der Waals surface area contributed by atoms with Crippen molar-refractivity contribution in [3.8, 4) is 0 Å². The highest BCUT2D eigenvalue weighted by Gasteiger charge is 2.16. The van der Waals surface area contributed by atoms with E-state index in [1.54, 1.807) is 6.20 Å². The molecule has 0 fully saturated rings. The van der Waals surface area contributed by atoms with Gasteiger partial charge in [0.25, 0.3) is 5.91 Å². The number of carboxylic acid groups (broad SMARTS) is 1. The lowest BCUT2D eigenvalue weighted by Crippen LogP contribution is -2.29. The number of benzene rings is 1. The van der Waals surface area contributed by atoms with Crippen LogP contribution in [0.3, 0.4) is 0 Å². The summed E-state index contributed by atoms with van der Waals surface area (Å²) in [5.74, 6) is -1.63. The Hall–Kier alpha value is -1.38. The Morgan fingerprint density at radius 2 is 1.95 bits per heavy atom. The van der Waals surface area contributed by atoms with Crippen LogP contribution >= 0.6 is 31.9 Å². The van der Waals surface area contributed by atoms with Gasteiger partial charge in [-0.05, 0) is 44.0 Å². The lowest BCUT2D eigenvalue weighted by Gasteiger charge is -2.07. The normalized spacial score (nSPS) is 12.3. The summed E-state index contributed by atoms with van der Waals surface area (Å²) in [7, 11) is 0. The fourth-order valence-electron chi connectivity index (χ4n) is 1.85. The van der Waals surface area contributed by atoms with E-state index in [0.29, 0.717) is 5.56 Å². The number of aliphatic hydroxyl groups is 1. The summed E-state index contributed by atoms with van der Waals surface area (Å²) >= 11 is 6.76. The number of amides is 1. The first kappa shape index (κ1) is 16.0. The third-order valence-electron chi connectivity index (χ3n) is 2.96. The largest absolute Gasteiger partial charge is 0.479 e. The number of carboxylic acids is 1. The van der Waals surface area contributed by atoms with Crippen molar-refractivity contribution in [3.63, 3.8) is 0 Å². The lowest BCUT2D eigenvalue weighted by molar-refractivity contribution is -0.146. The molecule has 0 spiro atoms. The molecular weight excluding hydrogens is 408 g/mol. The van der Waals surface area contributed by atoms with Crippen LogP contribution in [0.15, 0.2) is 27.3 Å². The summed E-state index contributed by atoms with van der Waals surface area (Å²) in [6.45, 7) is 0.0800. The van der Waals surface area contributed by atoms with Crippen molar-refractivity contribution in [1.82, 2.24) is 10.3 Å². The molecular formula is C13H12Br2N2O4. The van der Waals surface area contributed by atoms with Crippen molar-refractivity contribution in [1.29, 1.82) is 0 Å². The highest BCUT2D eigenvalue weighted by molar-refractivity contribution is 9.13. The van der Waals surface area contributed by atoms with Gasteiger partial charge in [-0.3, -0.25) is 4.79 Å². The summed E-state index contributed by atoms with van der Waals surface area (Å²) < 4.78 is 1.69. The van der Waals surface area contributed by atoms with Gasteiger partial charge in [-0.25, -0.2) is 4.79 Å². The third kappa shape index (κ3) is 3.63. The quantitative estimate of drug-likeness (QED) is 0.596. The number of carbonyl (C=O) groups is 2. The molecule has 8 heteroatoms. The van der Waals surface area contributed by atoms with E-state index in [-0.39, 0.29) is 18.9 Å². The molecule has 0 saturated carbocycles. The Balaban J connectivity index is 2.10. The number of halogens is 2. The average molecular weight is 420 g/mol. The summed E-state index contributed by atoms with van der Waals surface area (Å²) in [5.41, 5.74) is 1.27. The highest BCUT2D eigenvalue weighted by atomic mass is 79.9. The Labute approximate surface area is 136 Å². The molecule has 4 N–H and O–H groups in total. The molecule has 0 bridgehead atoms. The first-order chi connectivity index (χ1) is 9.90. The molecule has 112 valence electrons. The first-order valence-electron chi connectivity index (χ1n) is 6.05. The van der Waals surface area contributed by atoms with Gasteiger partial charge in [0, 0.05) is 39.0 Å². The number of carbonyl (C=O) groups excluding carboxylic acids is 1. The second-order valence-electron chi connectivity index (χ2n) is 4.41. The van der Waals surface area contributed by atoms with Crippen LogP contribution in [0.4, 0.5) is 0 Å². The molecule has 6 nitrogen and oxygen atoms in total. The zero-order valence-corrected chi connectivity index (χ0v) is 13.9. The summed E-state index contributed by atoms with van der Waals surface area (Å²) in [6.07, 6.45) is 0.0731. The molecule has 1 amide bonds. The smallest absolute Gasteiger partial charge is 0.332 e. The van der Waals surface area contributed by atoms with E-state index < -0.39 is 12.1 Å². The minimum Gasteiger partial charge on any atom is -0.479 e. The number of rotatable bonds is 5. The van der Waals surface area contributed by atoms with E-state index in [4.69, 9.17) is 10.2 Å². The Morgan fingerprint density at radius 3 is 2.62 bits per heavy atom.